The summed E-state index contributed by atoms with van der Waals surface area (Å²) in [7, 11) is -9.25. The summed E-state index contributed by atoms with van der Waals surface area (Å²) in [6.07, 6.45) is 2.49. The van der Waals surface area contributed by atoms with Gasteiger partial charge in [-0.1, -0.05) is 36.4 Å². The Morgan fingerprint density at radius 2 is 1.08 bits per heavy atom. The first-order valence-corrected chi connectivity index (χ1v) is 9.80. The maximum Gasteiger partial charge on any atom is 0.297 e. The molecule has 0 bridgehead atoms. The normalized spacial score (nSPS) is 12.3. The minimum atomic E-state index is -4.63. The van der Waals surface area contributed by atoms with Crippen LogP contribution in [0.25, 0.3) is 12.2 Å². The highest BCUT2D eigenvalue weighted by atomic mass is 32.2. The van der Waals surface area contributed by atoms with E-state index >= 15 is 0 Å². The van der Waals surface area contributed by atoms with E-state index in [0.717, 1.165) is 0 Å². The van der Waals surface area contributed by atoms with Crippen LogP contribution in [0.15, 0.2) is 46.2 Å². The number of nitrogens with two attached hydrogens (primary N) is 2. The zero-order chi connectivity index (χ0) is 19.5. The van der Waals surface area contributed by atoms with E-state index in [1.54, 1.807) is 0 Å². The molecule has 0 saturated heterocycles. The second-order valence-corrected chi connectivity index (χ2v) is 7.74. The van der Waals surface area contributed by atoms with Crippen molar-refractivity contribution in [1.29, 1.82) is 0 Å². The van der Waals surface area contributed by atoms with E-state index in [1.807, 2.05) is 0 Å². The lowest BCUT2D eigenvalue weighted by molar-refractivity contribution is 0.481. The average Bonchev–Trinajstić information content (AvgIpc) is 2.57. The van der Waals surface area contributed by atoms with E-state index in [0.29, 0.717) is 0 Å². The summed E-state index contributed by atoms with van der Waals surface area (Å²) in [6, 6.07) is 8.37. The molecule has 0 heterocycles. The van der Waals surface area contributed by atoms with Crippen LogP contribution >= 0.6 is 0 Å². The Balaban J connectivity index is 2.67. The van der Waals surface area contributed by atoms with E-state index in [9.17, 15) is 25.9 Å². The van der Waals surface area contributed by atoms with Crippen molar-refractivity contribution in [2.75, 3.05) is 10.9 Å². The molecule has 0 atom stereocenters. The Morgan fingerprint density at radius 3 is 1.35 bits per heavy atom. The van der Waals surface area contributed by atoms with Crippen LogP contribution in [-0.4, -0.2) is 25.9 Å². The third kappa shape index (κ3) is 4.19. The molecule has 0 fully saturated rings. The second-order valence-electron chi connectivity index (χ2n) is 5.02. The third-order valence-corrected chi connectivity index (χ3v) is 5.30. The van der Waals surface area contributed by atoms with Crippen molar-refractivity contribution in [3.05, 3.63) is 47.5 Å². The number of hydrogen-bond donors (Lipinski definition) is 6. The van der Waals surface area contributed by atoms with Crippen LogP contribution in [0, 0.1) is 0 Å². The summed E-state index contributed by atoms with van der Waals surface area (Å²) < 4.78 is 65.4. The number of rotatable bonds is 6. The zero-order valence-corrected chi connectivity index (χ0v) is 14.8. The molecule has 0 aliphatic rings. The maximum atomic E-state index is 11.6. The lowest BCUT2D eigenvalue weighted by atomic mass is 10.1. The van der Waals surface area contributed by atoms with E-state index < -0.39 is 30.0 Å². The lowest BCUT2D eigenvalue weighted by Crippen LogP contribution is -2.13. The summed E-state index contributed by atoms with van der Waals surface area (Å²) in [4.78, 5) is -0.972. The van der Waals surface area contributed by atoms with Crippen molar-refractivity contribution in [3.8, 4) is 0 Å². The van der Waals surface area contributed by atoms with Crippen LogP contribution in [-0.2, 0) is 20.2 Å². The summed E-state index contributed by atoms with van der Waals surface area (Å²) in [5, 5.41) is 0. The Hall–Kier alpha value is -2.48. The van der Waals surface area contributed by atoms with Gasteiger partial charge >= 0.3 is 0 Å². The van der Waals surface area contributed by atoms with Gasteiger partial charge in [-0.15, -0.1) is 0 Å². The van der Waals surface area contributed by atoms with Gasteiger partial charge in [0.15, 0.2) is 0 Å². The molecular weight excluding hydrogens is 384 g/mol. The predicted molar refractivity (Wildman–Crippen MR) is 97.1 cm³/mol. The number of hydrogen-bond acceptors (Lipinski definition) is 8. The minimum Gasteiger partial charge on any atom is -0.323 e. The first-order chi connectivity index (χ1) is 12.1. The Kier molecular flexibility index (Phi) is 5.65. The number of hydrazine groups is 2. The van der Waals surface area contributed by atoms with Crippen molar-refractivity contribution in [3.63, 3.8) is 0 Å². The van der Waals surface area contributed by atoms with Gasteiger partial charge in [-0.05, 0) is 23.3 Å². The number of nitrogens with one attached hydrogen (secondary N) is 2. The summed E-state index contributed by atoms with van der Waals surface area (Å²) in [5.41, 5.74) is 4.29. The molecular formula is C14H16N4O6S2. The zero-order valence-electron chi connectivity index (χ0n) is 13.1. The molecule has 12 heteroatoms. The molecule has 0 aliphatic carbocycles. The molecule has 0 aromatic heterocycles. The van der Waals surface area contributed by atoms with Gasteiger partial charge in [0.05, 0.1) is 11.4 Å². The fraction of sp³-hybridized carbons (Fsp3) is 0. The quantitative estimate of drug-likeness (QED) is 0.176. The fourth-order valence-corrected chi connectivity index (χ4v) is 4.03. The number of anilines is 2. The summed E-state index contributed by atoms with van der Waals surface area (Å²) in [6.45, 7) is 0. The van der Waals surface area contributed by atoms with Crippen LogP contribution in [0.4, 0.5) is 11.4 Å². The van der Waals surface area contributed by atoms with Crippen LogP contribution in [0.1, 0.15) is 11.1 Å². The lowest BCUT2D eigenvalue weighted by Gasteiger charge is -2.11. The molecule has 0 aliphatic heterocycles. The van der Waals surface area contributed by atoms with Crippen molar-refractivity contribution in [1.82, 2.24) is 0 Å². The summed E-state index contributed by atoms with van der Waals surface area (Å²) in [5.74, 6) is 10.5. The molecule has 8 N–H and O–H groups in total. The topological polar surface area (TPSA) is 185 Å². The van der Waals surface area contributed by atoms with Crippen molar-refractivity contribution in [2.45, 2.75) is 9.79 Å². The summed E-state index contributed by atoms with van der Waals surface area (Å²) >= 11 is 0. The van der Waals surface area contributed by atoms with Crippen LogP contribution in [0.3, 0.4) is 0 Å². The van der Waals surface area contributed by atoms with E-state index in [1.165, 1.54) is 48.6 Å². The van der Waals surface area contributed by atoms with Gasteiger partial charge in [0.2, 0.25) is 0 Å². The highest BCUT2D eigenvalue weighted by Gasteiger charge is 2.21. The second kappa shape index (κ2) is 7.41. The van der Waals surface area contributed by atoms with Gasteiger partial charge in [-0.2, -0.15) is 16.8 Å². The van der Waals surface area contributed by atoms with Crippen LogP contribution in [0.5, 0.6) is 0 Å². The van der Waals surface area contributed by atoms with Crippen molar-refractivity contribution in [2.24, 2.45) is 11.7 Å². The number of benzene rings is 2. The molecule has 10 nitrogen and oxygen atoms in total. The smallest absolute Gasteiger partial charge is 0.297 e. The first-order valence-electron chi connectivity index (χ1n) is 6.92. The van der Waals surface area contributed by atoms with Gasteiger partial charge in [0.1, 0.15) is 9.79 Å². The predicted octanol–water partition coefficient (Wildman–Crippen LogP) is 0.922. The monoisotopic (exact) mass is 400 g/mol. The number of nitrogen functional groups attached to an aromatic ring is 2. The largest absolute Gasteiger partial charge is 0.323 e. The standard InChI is InChI=1S/C14H16N4O6S2/c15-17-11-5-1-3-9(13(11)25(19,20)21)7-8-10-4-2-6-12(18-16)14(10)26(22,23)24/h1-8,17-18H,15-16H2,(H,19,20,21)(H,22,23,24)/b8-7+. The maximum absolute atomic E-state index is 11.6. The molecule has 2 aromatic rings. The molecule has 140 valence electrons. The molecule has 2 aromatic carbocycles. The SMILES string of the molecule is NNc1cccc(/C=C/c2cccc(NN)c2S(=O)(=O)O)c1S(=O)(=O)O. The molecule has 0 amide bonds. The van der Waals surface area contributed by atoms with Crippen molar-refractivity contribution >= 4 is 43.8 Å². The Morgan fingerprint density at radius 1 is 0.731 bits per heavy atom. The van der Waals surface area contributed by atoms with Gasteiger partial charge in [-0.25, -0.2) is 0 Å². The molecule has 2 rings (SSSR count). The Bertz CT molecular complexity index is 979. The van der Waals surface area contributed by atoms with Crippen LogP contribution in [0.2, 0.25) is 0 Å². The first kappa shape index (κ1) is 19.8. The fourth-order valence-electron chi connectivity index (χ4n) is 2.35. The molecule has 0 spiro atoms. The minimum absolute atomic E-state index is 0.0374. The van der Waals surface area contributed by atoms with Crippen molar-refractivity contribution < 1.29 is 25.9 Å². The molecule has 0 unspecified atom stereocenters. The molecule has 0 radical (unpaired) electrons. The Labute approximate surface area is 150 Å². The third-order valence-electron chi connectivity index (χ3n) is 3.36. The molecule has 0 saturated carbocycles. The highest BCUT2D eigenvalue weighted by Crippen LogP contribution is 2.29. The average molecular weight is 400 g/mol. The van der Waals surface area contributed by atoms with E-state index in [-0.39, 0.29) is 22.5 Å². The van der Waals surface area contributed by atoms with Crippen LogP contribution < -0.4 is 22.5 Å². The molecule has 26 heavy (non-hydrogen) atoms. The van der Waals surface area contributed by atoms with Gasteiger partial charge < -0.3 is 10.9 Å². The van der Waals surface area contributed by atoms with E-state index in [2.05, 4.69) is 10.9 Å². The van der Waals surface area contributed by atoms with Gasteiger partial charge in [0.25, 0.3) is 20.2 Å². The van der Waals surface area contributed by atoms with Gasteiger partial charge in [0, 0.05) is 0 Å². The van der Waals surface area contributed by atoms with E-state index in [4.69, 9.17) is 11.7 Å². The van der Waals surface area contributed by atoms with Gasteiger partial charge in [-0.3, -0.25) is 20.8 Å². The highest BCUT2D eigenvalue weighted by molar-refractivity contribution is 7.86.